The van der Waals surface area contributed by atoms with Crippen LogP contribution in [-0.4, -0.2) is 56.2 Å². The molecule has 1 amide bonds. The van der Waals surface area contributed by atoms with Gasteiger partial charge in [0.1, 0.15) is 6.10 Å². The average molecular weight is 622 g/mol. The number of esters is 1. The van der Waals surface area contributed by atoms with Crippen molar-refractivity contribution in [2.45, 2.75) is 188 Å². The maximum atomic E-state index is 12.8. The highest BCUT2D eigenvalue weighted by atomic mass is 16.5. The zero-order valence-electron chi connectivity index (χ0n) is 30.6. The first-order chi connectivity index (χ1) is 21.1. The van der Waals surface area contributed by atoms with Crippen molar-refractivity contribution < 1.29 is 18.8 Å². The van der Waals surface area contributed by atoms with E-state index < -0.39 is 0 Å². The minimum atomic E-state index is -0.0758. The van der Waals surface area contributed by atoms with Crippen LogP contribution in [0.25, 0.3) is 0 Å². The largest absolute Gasteiger partial charge is 0.458 e. The molecule has 0 heterocycles. The fourth-order valence-corrected chi connectivity index (χ4v) is 7.07. The number of hydrogen-bond acceptors (Lipinski definition) is 3. The van der Waals surface area contributed by atoms with Crippen molar-refractivity contribution in [1.29, 1.82) is 0 Å². The fraction of sp³-hybridized carbons (Fsp3) is 0.949. The molecule has 5 nitrogen and oxygen atoms in total. The van der Waals surface area contributed by atoms with Gasteiger partial charge in [-0.15, -0.1) is 0 Å². The van der Waals surface area contributed by atoms with Gasteiger partial charge in [-0.2, -0.15) is 0 Å². The number of hydrogen-bond donors (Lipinski definition) is 1. The highest BCUT2D eigenvalue weighted by Crippen LogP contribution is 2.35. The number of rotatable bonds is 28. The van der Waals surface area contributed by atoms with Crippen molar-refractivity contribution in [1.82, 2.24) is 5.32 Å². The SMILES string of the molecule is CCCCCCCCCCCCCCCCCCCCCC(=O)NCCC[N+](C)(C)CC(=O)O[C@H]1C[C@@H](C)CC[C@@H]1C(C)C. The van der Waals surface area contributed by atoms with Gasteiger partial charge in [0.2, 0.25) is 5.91 Å². The number of unbranched alkanes of at least 4 members (excludes halogenated alkanes) is 18. The fourth-order valence-electron chi connectivity index (χ4n) is 7.07. The molecule has 1 aliphatic carbocycles. The molecule has 0 aliphatic heterocycles. The Balaban J connectivity index is 1.93. The van der Waals surface area contributed by atoms with E-state index in [1.807, 2.05) is 0 Å². The van der Waals surface area contributed by atoms with Crippen molar-refractivity contribution >= 4 is 11.9 Å². The van der Waals surface area contributed by atoms with Crippen molar-refractivity contribution in [2.24, 2.45) is 17.8 Å². The van der Waals surface area contributed by atoms with E-state index >= 15 is 0 Å². The molecule has 0 bridgehead atoms. The van der Waals surface area contributed by atoms with E-state index in [1.165, 1.54) is 116 Å². The first-order valence-corrected chi connectivity index (χ1v) is 19.4. The summed E-state index contributed by atoms with van der Waals surface area (Å²) in [5.74, 6) is 1.76. The van der Waals surface area contributed by atoms with Crippen molar-refractivity contribution in [3.8, 4) is 0 Å². The van der Waals surface area contributed by atoms with Crippen molar-refractivity contribution in [3.05, 3.63) is 0 Å². The predicted molar refractivity (Wildman–Crippen MR) is 189 cm³/mol. The Hall–Kier alpha value is -1.10. The summed E-state index contributed by atoms with van der Waals surface area (Å²) < 4.78 is 6.62. The lowest BCUT2D eigenvalue weighted by Gasteiger charge is -2.37. The van der Waals surface area contributed by atoms with E-state index in [4.69, 9.17) is 4.74 Å². The summed E-state index contributed by atoms with van der Waals surface area (Å²) in [5.41, 5.74) is 0. The molecule has 0 radical (unpaired) electrons. The van der Waals surface area contributed by atoms with Gasteiger partial charge < -0.3 is 14.5 Å². The molecule has 1 rings (SSSR count). The van der Waals surface area contributed by atoms with Gasteiger partial charge in [0.15, 0.2) is 6.54 Å². The van der Waals surface area contributed by atoms with E-state index in [9.17, 15) is 9.59 Å². The van der Waals surface area contributed by atoms with E-state index in [-0.39, 0.29) is 18.0 Å². The maximum absolute atomic E-state index is 12.8. The van der Waals surface area contributed by atoms with Gasteiger partial charge in [0.05, 0.1) is 20.6 Å². The number of likely N-dealkylation sites (N-methyl/N-ethyl adjacent to an activating group) is 1. The molecule has 5 heteroatoms. The Kier molecular flexibility index (Phi) is 24.2. The van der Waals surface area contributed by atoms with Gasteiger partial charge in [-0.1, -0.05) is 150 Å². The molecule has 1 fully saturated rings. The average Bonchev–Trinajstić information content (AvgIpc) is 2.96. The minimum absolute atomic E-state index is 0.0644. The third-order valence-corrected chi connectivity index (χ3v) is 10.1. The molecule has 0 spiro atoms. The Labute approximate surface area is 275 Å². The third kappa shape index (κ3) is 22.4. The van der Waals surface area contributed by atoms with E-state index in [0.29, 0.717) is 41.7 Å². The normalized spacial score (nSPS) is 18.9. The van der Waals surface area contributed by atoms with Gasteiger partial charge in [-0.05, 0) is 37.0 Å². The van der Waals surface area contributed by atoms with Gasteiger partial charge in [-0.3, -0.25) is 4.79 Å². The predicted octanol–water partition coefficient (Wildman–Crippen LogP) is 10.4. The van der Waals surface area contributed by atoms with Crippen LogP contribution in [0, 0.1) is 17.8 Å². The molecule has 1 N–H and O–H groups in total. The molecule has 0 aromatic heterocycles. The summed E-state index contributed by atoms with van der Waals surface area (Å²) >= 11 is 0. The Morgan fingerprint density at radius 1 is 0.727 bits per heavy atom. The highest BCUT2D eigenvalue weighted by molar-refractivity contribution is 5.75. The molecule has 1 aliphatic rings. The lowest BCUT2D eigenvalue weighted by atomic mass is 9.75. The van der Waals surface area contributed by atoms with E-state index in [0.717, 1.165) is 38.6 Å². The number of quaternary nitrogens is 1. The Bertz CT molecular complexity index is 707. The molecule has 260 valence electrons. The van der Waals surface area contributed by atoms with Crippen LogP contribution in [0.2, 0.25) is 0 Å². The summed E-state index contributed by atoms with van der Waals surface area (Å²) in [6, 6.07) is 0. The van der Waals surface area contributed by atoms with E-state index in [1.54, 1.807) is 0 Å². The molecular formula is C39H77N2O3+. The monoisotopic (exact) mass is 622 g/mol. The smallest absolute Gasteiger partial charge is 0.362 e. The summed E-state index contributed by atoms with van der Waals surface area (Å²) in [7, 11) is 4.18. The quantitative estimate of drug-likeness (QED) is 0.0537. The first kappa shape index (κ1) is 40.9. The standard InChI is InChI=1S/C39H76N2O3/c1-7-8-9-10-11-12-13-14-15-16-17-18-19-20-21-22-23-24-25-27-38(42)40-30-26-31-41(5,6)33-39(43)44-37-32-35(4)28-29-36(37)34(2)3/h34-37H,7-33H2,1-6H3/p+1/t35-,36+,37-/m0/s1. The summed E-state index contributed by atoms with van der Waals surface area (Å²) in [5, 5.41) is 3.09. The zero-order chi connectivity index (χ0) is 32.5. The molecular weight excluding hydrogens is 544 g/mol. The first-order valence-electron chi connectivity index (χ1n) is 19.4. The summed E-state index contributed by atoms with van der Waals surface area (Å²) in [6.07, 6.45) is 31.0. The minimum Gasteiger partial charge on any atom is -0.458 e. The topological polar surface area (TPSA) is 55.4 Å². The second-order valence-electron chi connectivity index (χ2n) is 15.5. The molecule has 44 heavy (non-hydrogen) atoms. The van der Waals surface area contributed by atoms with Gasteiger partial charge >= 0.3 is 5.97 Å². The second-order valence-corrected chi connectivity index (χ2v) is 15.5. The van der Waals surface area contributed by atoms with Crippen LogP contribution in [-0.2, 0) is 14.3 Å². The third-order valence-electron chi connectivity index (χ3n) is 10.1. The molecule has 1 saturated carbocycles. The van der Waals surface area contributed by atoms with Crippen molar-refractivity contribution in [3.63, 3.8) is 0 Å². The number of carbonyl (C=O) groups excluding carboxylic acids is 2. The zero-order valence-corrected chi connectivity index (χ0v) is 30.6. The number of carbonyl (C=O) groups is 2. The highest BCUT2D eigenvalue weighted by Gasteiger charge is 2.34. The van der Waals surface area contributed by atoms with Gasteiger partial charge in [0, 0.05) is 19.4 Å². The summed E-state index contributed by atoms with van der Waals surface area (Å²) in [6.45, 7) is 11.0. The molecule has 0 unspecified atom stereocenters. The van der Waals surface area contributed by atoms with Crippen LogP contribution in [0.5, 0.6) is 0 Å². The Morgan fingerprint density at radius 2 is 1.20 bits per heavy atom. The number of nitrogens with zero attached hydrogens (tertiary/aromatic N) is 1. The van der Waals surface area contributed by atoms with Crippen LogP contribution in [0.4, 0.5) is 0 Å². The van der Waals surface area contributed by atoms with E-state index in [2.05, 4.69) is 47.1 Å². The lowest BCUT2D eigenvalue weighted by Crippen LogP contribution is -2.47. The Morgan fingerprint density at radius 3 is 1.68 bits per heavy atom. The number of amides is 1. The van der Waals surface area contributed by atoms with Gasteiger partial charge in [-0.25, -0.2) is 4.79 Å². The summed E-state index contributed by atoms with van der Waals surface area (Å²) in [4.78, 5) is 25.1. The molecule has 0 aromatic rings. The van der Waals surface area contributed by atoms with Crippen LogP contribution >= 0.6 is 0 Å². The van der Waals surface area contributed by atoms with Crippen LogP contribution in [0.3, 0.4) is 0 Å². The molecule has 3 atom stereocenters. The lowest BCUT2D eigenvalue weighted by molar-refractivity contribution is -0.883. The van der Waals surface area contributed by atoms with Gasteiger partial charge in [0.25, 0.3) is 0 Å². The maximum Gasteiger partial charge on any atom is 0.362 e. The van der Waals surface area contributed by atoms with Crippen molar-refractivity contribution in [2.75, 3.05) is 33.7 Å². The second kappa shape index (κ2) is 26.0. The van der Waals surface area contributed by atoms with Crippen LogP contribution in [0.15, 0.2) is 0 Å². The van der Waals surface area contributed by atoms with Crippen LogP contribution in [0.1, 0.15) is 182 Å². The molecule has 0 saturated heterocycles. The molecule has 0 aromatic carbocycles. The van der Waals surface area contributed by atoms with Crippen LogP contribution < -0.4 is 5.32 Å². The number of ether oxygens (including phenoxy) is 1. The number of nitrogens with one attached hydrogen (secondary N) is 1.